The molecule has 0 radical (unpaired) electrons. The molecule has 2 saturated carbocycles. The molecule has 3 atom stereocenters. The number of ether oxygens (including phenoxy) is 2. The number of thiazole rings is 1. The summed E-state index contributed by atoms with van der Waals surface area (Å²) in [4.78, 5) is 18.0. The lowest BCUT2D eigenvalue weighted by Crippen LogP contribution is -2.28. The van der Waals surface area contributed by atoms with E-state index in [1.165, 1.54) is 35.6 Å². The first kappa shape index (κ1) is 28.1. The van der Waals surface area contributed by atoms with Crippen LogP contribution in [0.1, 0.15) is 59.7 Å². The van der Waals surface area contributed by atoms with E-state index in [0.717, 1.165) is 51.3 Å². The van der Waals surface area contributed by atoms with Gasteiger partial charge in [-0.3, -0.25) is 0 Å². The van der Waals surface area contributed by atoms with E-state index in [2.05, 4.69) is 19.8 Å². The average Bonchev–Trinajstić information content (AvgIpc) is 3.36. The zero-order chi connectivity index (χ0) is 29.9. The Bertz CT molecular complexity index is 1680. The number of carbonyl (C=O) groups is 1. The van der Waals surface area contributed by atoms with Gasteiger partial charge in [0.25, 0.3) is 0 Å². The van der Waals surface area contributed by atoms with Crippen LogP contribution in [-0.2, 0) is 11.3 Å². The van der Waals surface area contributed by atoms with E-state index in [4.69, 9.17) is 9.26 Å². The second kappa shape index (κ2) is 10.8. The third kappa shape index (κ3) is 5.67. The molecule has 4 aromatic rings. The highest BCUT2D eigenvalue weighted by atomic mass is 32.1. The molecule has 3 aliphatic rings. The van der Waals surface area contributed by atoms with Crippen LogP contribution >= 0.6 is 11.3 Å². The van der Waals surface area contributed by atoms with Gasteiger partial charge in [0.05, 0.1) is 23.0 Å². The Morgan fingerprint density at radius 2 is 1.91 bits per heavy atom. The first-order valence-corrected chi connectivity index (χ1v) is 15.0. The fourth-order valence-corrected chi connectivity index (χ4v) is 7.39. The minimum absolute atomic E-state index is 0.0522. The third-order valence-corrected chi connectivity index (χ3v) is 9.62. The molecule has 0 amide bonds. The van der Waals surface area contributed by atoms with Crippen molar-refractivity contribution in [2.45, 2.75) is 57.1 Å². The SMILES string of the molecule is O=C(O)c1cc(F)c2nc(N3C[C@H]4C[C@H](OCc5c(-c6ccccc6OC(F)(F)F)noc5C5CC5)CC[C@H]4C3)sc2c1. The lowest BCUT2D eigenvalue weighted by molar-refractivity contribution is -0.274. The number of alkyl halides is 3. The Morgan fingerprint density at radius 1 is 1.12 bits per heavy atom. The topological polar surface area (TPSA) is 97.9 Å². The van der Waals surface area contributed by atoms with E-state index in [1.807, 2.05) is 0 Å². The summed E-state index contributed by atoms with van der Waals surface area (Å²) < 4.78 is 70.7. The normalized spacial score (nSPS) is 22.2. The minimum Gasteiger partial charge on any atom is -0.478 e. The van der Waals surface area contributed by atoms with Gasteiger partial charge < -0.3 is 24.0 Å². The lowest BCUT2D eigenvalue weighted by Gasteiger charge is -2.30. The van der Waals surface area contributed by atoms with Gasteiger partial charge in [-0.2, -0.15) is 0 Å². The number of carboxylic acid groups (broad SMARTS) is 1. The van der Waals surface area contributed by atoms with Gasteiger partial charge in [0.2, 0.25) is 0 Å². The Morgan fingerprint density at radius 3 is 2.67 bits per heavy atom. The molecule has 226 valence electrons. The van der Waals surface area contributed by atoms with Crippen LogP contribution in [0.3, 0.4) is 0 Å². The Kier molecular flexibility index (Phi) is 7.04. The number of carboxylic acids is 1. The predicted molar refractivity (Wildman–Crippen MR) is 149 cm³/mol. The average molecular weight is 618 g/mol. The van der Waals surface area contributed by atoms with Crippen molar-refractivity contribution in [3.05, 3.63) is 59.1 Å². The highest BCUT2D eigenvalue weighted by Crippen LogP contribution is 2.47. The van der Waals surface area contributed by atoms with Crippen LogP contribution in [0, 0.1) is 17.7 Å². The summed E-state index contributed by atoms with van der Waals surface area (Å²) in [5, 5.41) is 14.1. The second-order valence-electron chi connectivity index (χ2n) is 11.5. The van der Waals surface area contributed by atoms with Gasteiger partial charge in [-0.1, -0.05) is 28.6 Å². The molecule has 1 saturated heterocycles. The highest BCUT2D eigenvalue weighted by molar-refractivity contribution is 7.22. The van der Waals surface area contributed by atoms with Gasteiger partial charge in [0.1, 0.15) is 22.7 Å². The maximum atomic E-state index is 14.5. The quantitative estimate of drug-likeness (QED) is 0.205. The number of anilines is 1. The van der Waals surface area contributed by atoms with Gasteiger partial charge in [-0.25, -0.2) is 14.2 Å². The molecule has 0 bridgehead atoms. The van der Waals surface area contributed by atoms with Crippen LogP contribution in [0.25, 0.3) is 21.5 Å². The van der Waals surface area contributed by atoms with E-state index < -0.39 is 18.1 Å². The van der Waals surface area contributed by atoms with Crippen LogP contribution in [-0.4, -0.2) is 46.8 Å². The number of halogens is 4. The van der Waals surface area contributed by atoms with E-state index >= 15 is 0 Å². The van der Waals surface area contributed by atoms with Crippen molar-refractivity contribution in [1.82, 2.24) is 10.1 Å². The van der Waals surface area contributed by atoms with Crippen LogP contribution in [0.2, 0.25) is 0 Å². The fourth-order valence-electron chi connectivity index (χ4n) is 6.35. The van der Waals surface area contributed by atoms with Crippen molar-refractivity contribution < 1.29 is 41.5 Å². The molecule has 13 heteroatoms. The lowest BCUT2D eigenvalue weighted by atomic mass is 9.80. The predicted octanol–water partition coefficient (Wildman–Crippen LogP) is 7.39. The standard InChI is InChI=1S/C30H27F4N3O5S/c31-22-10-17(28(38)39)11-24-26(22)35-29(43-24)37-12-16-7-8-19(9-18(16)13-37)40-14-21-25(36-42-27(21)15-5-6-15)20-3-1-2-4-23(20)41-30(32,33)34/h1-4,10-11,15-16,18-19H,5-9,12-14H2,(H,38,39)/t16-,18+,19+/m0/s1. The number of fused-ring (bicyclic) bond motifs is 2. The van der Waals surface area contributed by atoms with E-state index in [1.54, 1.807) is 6.07 Å². The summed E-state index contributed by atoms with van der Waals surface area (Å²) in [6, 6.07) is 8.36. The minimum atomic E-state index is -4.84. The van der Waals surface area contributed by atoms with Crippen LogP contribution < -0.4 is 9.64 Å². The summed E-state index contributed by atoms with van der Waals surface area (Å²) in [6.45, 7) is 1.67. The number of aromatic carboxylic acids is 1. The highest BCUT2D eigenvalue weighted by Gasteiger charge is 2.40. The van der Waals surface area contributed by atoms with Crippen molar-refractivity contribution in [3.63, 3.8) is 0 Å². The van der Waals surface area contributed by atoms with Crippen molar-refractivity contribution in [2.24, 2.45) is 11.8 Å². The Balaban J connectivity index is 1.05. The molecule has 1 aliphatic heterocycles. The zero-order valence-corrected chi connectivity index (χ0v) is 23.6. The summed E-state index contributed by atoms with van der Waals surface area (Å²) >= 11 is 1.29. The third-order valence-electron chi connectivity index (χ3n) is 8.55. The largest absolute Gasteiger partial charge is 0.573 e. The zero-order valence-electron chi connectivity index (χ0n) is 22.8. The molecule has 8 nitrogen and oxygen atoms in total. The monoisotopic (exact) mass is 617 g/mol. The van der Waals surface area contributed by atoms with Gasteiger partial charge in [-0.05, 0) is 68.2 Å². The molecule has 3 fully saturated rings. The molecule has 2 aromatic carbocycles. The van der Waals surface area contributed by atoms with Gasteiger partial charge in [-0.15, -0.1) is 13.2 Å². The molecule has 2 aliphatic carbocycles. The maximum absolute atomic E-state index is 14.5. The number of rotatable bonds is 8. The molecule has 1 N–H and O–H groups in total. The Hall–Kier alpha value is -3.71. The van der Waals surface area contributed by atoms with Crippen molar-refractivity contribution in [3.8, 4) is 17.0 Å². The first-order valence-electron chi connectivity index (χ1n) is 14.2. The Labute approximate surface area is 247 Å². The molecule has 0 unspecified atom stereocenters. The first-order chi connectivity index (χ1) is 20.6. The number of hydrogen-bond donors (Lipinski definition) is 1. The molecular formula is C30H27F4N3O5S. The summed E-state index contributed by atoms with van der Waals surface area (Å²) in [7, 11) is 0. The van der Waals surface area contributed by atoms with Gasteiger partial charge >= 0.3 is 12.3 Å². The van der Waals surface area contributed by atoms with Crippen LogP contribution in [0.5, 0.6) is 5.75 Å². The maximum Gasteiger partial charge on any atom is 0.573 e. The van der Waals surface area contributed by atoms with E-state index in [9.17, 15) is 27.5 Å². The smallest absolute Gasteiger partial charge is 0.478 e. The fraction of sp³-hybridized carbons (Fsp3) is 0.433. The molecule has 43 heavy (non-hydrogen) atoms. The molecule has 3 heterocycles. The van der Waals surface area contributed by atoms with E-state index in [0.29, 0.717) is 38.7 Å². The summed E-state index contributed by atoms with van der Waals surface area (Å²) in [6.07, 6.45) is -0.469. The molecule has 0 spiro atoms. The van der Waals surface area contributed by atoms with Gasteiger partial charge in [0, 0.05) is 30.1 Å². The second-order valence-corrected chi connectivity index (χ2v) is 12.5. The molecule has 2 aromatic heterocycles. The summed E-state index contributed by atoms with van der Waals surface area (Å²) in [5.74, 6) is -0.579. The van der Waals surface area contributed by atoms with Crippen molar-refractivity contribution in [1.29, 1.82) is 0 Å². The molecular weight excluding hydrogens is 590 g/mol. The number of nitrogens with zero attached hydrogens (tertiary/aromatic N) is 3. The van der Waals surface area contributed by atoms with Crippen LogP contribution in [0.4, 0.5) is 22.7 Å². The van der Waals surface area contributed by atoms with E-state index in [-0.39, 0.29) is 41.0 Å². The number of hydrogen-bond acceptors (Lipinski definition) is 8. The van der Waals surface area contributed by atoms with Gasteiger partial charge in [0.15, 0.2) is 10.9 Å². The number of aromatic nitrogens is 2. The van der Waals surface area contributed by atoms with Crippen molar-refractivity contribution in [2.75, 3.05) is 18.0 Å². The molecule has 7 rings (SSSR count). The summed E-state index contributed by atoms with van der Waals surface area (Å²) in [5.41, 5.74) is 1.24. The van der Waals surface area contributed by atoms with Crippen molar-refractivity contribution >= 4 is 32.7 Å². The number of para-hydroxylation sites is 1. The number of benzene rings is 2. The van der Waals surface area contributed by atoms with Crippen LogP contribution in [0.15, 0.2) is 40.9 Å².